The van der Waals surface area contributed by atoms with Crippen LogP contribution >= 0.6 is 0 Å². The summed E-state index contributed by atoms with van der Waals surface area (Å²) in [6.07, 6.45) is 14.3. The van der Waals surface area contributed by atoms with Crippen LogP contribution < -0.4 is 0 Å². The second kappa shape index (κ2) is 10.6. The van der Waals surface area contributed by atoms with E-state index in [2.05, 4.69) is 48.1 Å². The highest BCUT2D eigenvalue weighted by Gasteiger charge is 2.71. The molecular weight excluding hydrogens is 548 g/mol. The lowest BCUT2D eigenvalue weighted by molar-refractivity contribution is -0.249. The topological polar surface area (TPSA) is 87.0 Å². The van der Waals surface area contributed by atoms with E-state index in [-0.39, 0.29) is 50.6 Å². The molecule has 44 heavy (non-hydrogen) atoms. The second-order valence-corrected chi connectivity index (χ2v) is 17.1. The molecule has 6 rings (SSSR count). The number of rotatable bonds is 5. The average molecular weight is 605 g/mol. The molecule has 242 valence electrons. The van der Waals surface area contributed by atoms with Crippen molar-refractivity contribution < 1.29 is 24.9 Å². The van der Waals surface area contributed by atoms with Gasteiger partial charge >= 0.3 is 5.97 Å². The Labute approximate surface area is 265 Å². The molecule has 0 unspecified atom stereocenters. The Morgan fingerprint density at radius 3 is 2.36 bits per heavy atom. The monoisotopic (exact) mass is 604 g/mol. The molecule has 0 aromatic heterocycles. The van der Waals surface area contributed by atoms with Crippen molar-refractivity contribution in [3.63, 3.8) is 0 Å². The maximum absolute atomic E-state index is 13.0. The lowest BCUT2D eigenvalue weighted by Gasteiger charge is -2.73. The Morgan fingerprint density at radius 2 is 1.66 bits per heavy atom. The fourth-order valence-electron chi connectivity index (χ4n) is 12.6. The van der Waals surface area contributed by atoms with Gasteiger partial charge in [0.2, 0.25) is 0 Å². The highest BCUT2D eigenvalue weighted by molar-refractivity contribution is 5.87. The largest absolute Gasteiger partial charge is 0.504 e. The van der Waals surface area contributed by atoms with Gasteiger partial charge in [0.05, 0.1) is 12.7 Å². The number of aliphatic hydroxyl groups is 1. The number of esters is 1. The number of aliphatic hydroxyl groups excluding tert-OH is 1. The third-order valence-corrected chi connectivity index (χ3v) is 15.1. The van der Waals surface area contributed by atoms with Gasteiger partial charge in [-0.3, -0.25) is 0 Å². The van der Waals surface area contributed by atoms with Gasteiger partial charge in [-0.05, 0) is 146 Å². The minimum absolute atomic E-state index is 0.0185. The summed E-state index contributed by atoms with van der Waals surface area (Å²) in [6, 6.07) is 4.51. The van der Waals surface area contributed by atoms with Crippen molar-refractivity contribution in [1.29, 1.82) is 0 Å². The van der Waals surface area contributed by atoms with Crippen molar-refractivity contribution in [3.05, 3.63) is 42.0 Å². The number of fused-ring (bicyclic) bond motifs is 7. The van der Waals surface area contributed by atoms with E-state index in [1.807, 2.05) is 0 Å². The van der Waals surface area contributed by atoms with Crippen molar-refractivity contribution in [3.8, 4) is 11.5 Å². The molecule has 0 radical (unpaired) electrons. The molecule has 0 aliphatic heterocycles. The highest BCUT2D eigenvalue weighted by Crippen LogP contribution is 2.77. The van der Waals surface area contributed by atoms with Gasteiger partial charge < -0.3 is 20.1 Å². The van der Waals surface area contributed by atoms with Crippen molar-refractivity contribution in [2.45, 2.75) is 112 Å². The molecule has 10 atom stereocenters. The van der Waals surface area contributed by atoms with Crippen LogP contribution in [0.3, 0.4) is 0 Å². The van der Waals surface area contributed by atoms with Crippen LogP contribution in [0.4, 0.5) is 0 Å². The number of carbonyl (C=O) groups is 1. The number of hydrogen-bond donors (Lipinski definition) is 3. The molecular formula is C39H56O5. The lowest BCUT2D eigenvalue weighted by Crippen LogP contribution is -2.66. The average Bonchev–Trinajstić information content (AvgIpc) is 3.35. The quantitative estimate of drug-likeness (QED) is 0.135. The van der Waals surface area contributed by atoms with Crippen LogP contribution in [-0.4, -0.2) is 34.0 Å². The molecule has 5 aliphatic rings. The molecule has 5 heteroatoms. The molecule has 0 bridgehead atoms. The Bertz CT molecular complexity index is 1350. The van der Waals surface area contributed by atoms with Crippen LogP contribution in [0.15, 0.2) is 36.4 Å². The first-order chi connectivity index (χ1) is 20.6. The number of phenolic OH excluding ortho intramolecular Hbond substituents is 2. The summed E-state index contributed by atoms with van der Waals surface area (Å²) in [5.41, 5.74) is 2.60. The van der Waals surface area contributed by atoms with Crippen LogP contribution in [-0.2, 0) is 9.53 Å². The van der Waals surface area contributed by atoms with Gasteiger partial charge in [0, 0.05) is 11.5 Å². The fourth-order valence-corrected chi connectivity index (χ4v) is 12.6. The zero-order valence-electron chi connectivity index (χ0n) is 28.0. The van der Waals surface area contributed by atoms with Crippen molar-refractivity contribution in [1.82, 2.24) is 0 Å². The van der Waals surface area contributed by atoms with E-state index >= 15 is 0 Å². The van der Waals surface area contributed by atoms with Crippen molar-refractivity contribution in [2.24, 2.45) is 56.7 Å². The molecule has 0 saturated heterocycles. The number of ether oxygens (including phenoxy) is 1. The molecule has 5 fully saturated rings. The molecule has 0 amide bonds. The van der Waals surface area contributed by atoms with Crippen LogP contribution in [0.5, 0.6) is 11.5 Å². The first-order valence-corrected chi connectivity index (χ1v) is 17.3. The third kappa shape index (κ3) is 4.53. The Hall–Kier alpha value is -2.27. The summed E-state index contributed by atoms with van der Waals surface area (Å²) in [7, 11) is 0. The zero-order chi connectivity index (χ0) is 31.9. The molecule has 0 spiro atoms. The van der Waals surface area contributed by atoms with E-state index in [1.54, 1.807) is 12.1 Å². The third-order valence-electron chi connectivity index (χ3n) is 15.1. The normalized spacial score (nSPS) is 44.2. The van der Waals surface area contributed by atoms with Gasteiger partial charge in [-0.1, -0.05) is 52.8 Å². The zero-order valence-corrected chi connectivity index (χ0v) is 28.0. The lowest BCUT2D eigenvalue weighted by atomic mass is 9.32. The first kappa shape index (κ1) is 31.7. The Morgan fingerprint density at radius 1 is 0.909 bits per heavy atom. The molecule has 1 aromatic rings. The summed E-state index contributed by atoms with van der Waals surface area (Å²) < 4.78 is 6.06. The summed E-state index contributed by atoms with van der Waals surface area (Å²) >= 11 is 0. The van der Waals surface area contributed by atoms with Gasteiger partial charge in [-0.15, -0.1) is 0 Å². The summed E-state index contributed by atoms with van der Waals surface area (Å²) in [6.45, 7) is 19.7. The van der Waals surface area contributed by atoms with Gasteiger partial charge in [-0.2, -0.15) is 0 Å². The summed E-state index contributed by atoms with van der Waals surface area (Å²) in [5.74, 6) is 2.00. The molecule has 5 saturated carbocycles. The SMILES string of the molecule is C=C(C)[C@@H]1CC[C@]2(COC(=O)C=Cc3ccc(O)c(O)c3)CC[C@]3(C)[C@H](CC[C@@H]4[C@@]5(C)CC[C@H](O)C(C)(C)[C@@H]5CC[C@]43C)[C@@H]12. The van der Waals surface area contributed by atoms with Gasteiger partial charge in [0.15, 0.2) is 11.5 Å². The number of allylic oxidation sites excluding steroid dienone is 1. The maximum atomic E-state index is 13.0. The summed E-state index contributed by atoms with van der Waals surface area (Å²) in [5, 5.41) is 30.4. The van der Waals surface area contributed by atoms with Gasteiger partial charge in [0.1, 0.15) is 0 Å². The van der Waals surface area contributed by atoms with E-state index in [1.165, 1.54) is 55.9 Å². The van der Waals surface area contributed by atoms with Crippen LogP contribution in [0.2, 0.25) is 0 Å². The van der Waals surface area contributed by atoms with Crippen LogP contribution in [0.1, 0.15) is 111 Å². The van der Waals surface area contributed by atoms with Crippen LogP contribution in [0.25, 0.3) is 6.08 Å². The smallest absolute Gasteiger partial charge is 0.330 e. The molecule has 1 aromatic carbocycles. The van der Waals surface area contributed by atoms with Crippen molar-refractivity contribution in [2.75, 3.05) is 6.61 Å². The maximum Gasteiger partial charge on any atom is 0.330 e. The van der Waals surface area contributed by atoms with E-state index in [0.717, 1.165) is 32.1 Å². The molecule has 5 aliphatic carbocycles. The Balaban J connectivity index is 1.26. The molecule has 3 N–H and O–H groups in total. The van der Waals surface area contributed by atoms with Crippen molar-refractivity contribution >= 4 is 12.0 Å². The second-order valence-electron chi connectivity index (χ2n) is 17.1. The van der Waals surface area contributed by atoms with Crippen LogP contribution in [0, 0.1) is 56.7 Å². The van der Waals surface area contributed by atoms with E-state index < -0.39 is 0 Å². The minimum Gasteiger partial charge on any atom is -0.504 e. The van der Waals surface area contributed by atoms with E-state index in [9.17, 15) is 20.1 Å². The number of carbonyl (C=O) groups excluding carboxylic acids is 1. The fraction of sp³-hybridized carbons (Fsp3) is 0.718. The number of hydrogen-bond acceptors (Lipinski definition) is 5. The van der Waals surface area contributed by atoms with Gasteiger partial charge in [-0.25, -0.2) is 4.79 Å². The van der Waals surface area contributed by atoms with E-state index in [4.69, 9.17) is 4.74 Å². The molecule has 0 heterocycles. The van der Waals surface area contributed by atoms with E-state index in [0.29, 0.717) is 41.8 Å². The predicted molar refractivity (Wildman–Crippen MR) is 175 cm³/mol. The standard InChI is InChI=1S/C39H56O5/c1-24(2)26-14-19-39(23-44-33(43)13-9-25-8-11-28(40)29(41)22-25)21-20-37(6)27(34(26)39)10-12-31-36(5)17-16-32(42)35(3,4)30(36)15-18-38(31,37)7/h8-9,11,13,22,26-27,30-32,34,40-42H,1,10,12,14-21,23H2,2-7H3/t26-,27+,30-,31+,32-,34+,36-,37+,38+,39+/m0/s1. The number of benzene rings is 1. The Kier molecular flexibility index (Phi) is 7.67. The van der Waals surface area contributed by atoms with Gasteiger partial charge in [0.25, 0.3) is 0 Å². The summed E-state index contributed by atoms with van der Waals surface area (Å²) in [4.78, 5) is 13.0. The predicted octanol–water partition coefficient (Wildman–Crippen LogP) is 8.67. The number of phenols is 2. The highest BCUT2D eigenvalue weighted by atomic mass is 16.5. The minimum atomic E-state index is -0.359. The first-order valence-electron chi connectivity index (χ1n) is 17.3. The molecule has 5 nitrogen and oxygen atoms in total. The number of aromatic hydroxyl groups is 2.